The number of amides is 3. The molecule has 0 bridgehead atoms. The fraction of sp³-hybridized carbons (Fsp3) is 0.182. The smallest absolute Gasteiger partial charge is 0.317 e. The molecule has 0 aromatic heterocycles. The van der Waals surface area contributed by atoms with Crippen molar-refractivity contribution in [1.29, 1.82) is 0 Å². The number of urea groups is 1. The number of carbonyl (C=O) groups excluding carboxylic acids is 2. The Balaban J connectivity index is 3.36. The van der Waals surface area contributed by atoms with Gasteiger partial charge in [-0.2, -0.15) is 0 Å². The highest BCUT2D eigenvalue weighted by Crippen LogP contribution is 2.28. The number of primary amides is 2. The van der Waals surface area contributed by atoms with Gasteiger partial charge in [0.2, 0.25) is 5.91 Å². The van der Waals surface area contributed by atoms with Gasteiger partial charge in [0.15, 0.2) is 11.6 Å². The van der Waals surface area contributed by atoms with Gasteiger partial charge in [-0.15, -0.1) is 0 Å². The molecule has 8 heteroatoms. The summed E-state index contributed by atoms with van der Waals surface area (Å²) in [4.78, 5) is 21.4. The van der Waals surface area contributed by atoms with Crippen molar-refractivity contribution in [2.45, 2.75) is 13.3 Å². The Kier molecular flexibility index (Phi) is 4.38. The second-order valence-corrected chi connectivity index (χ2v) is 4.24. The van der Waals surface area contributed by atoms with Crippen LogP contribution in [0, 0.1) is 12.7 Å². The van der Waals surface area contributed by atoms with Gasteiger partial charge in [-0.05, 0) is 24.1 Å². The van der Waals surface area contributed by atoms with Crippen molar-refractivity contribution < 1.29 is 19.1 Å². The molecule has 102 valence electrons. The van der Waals surface area contributed by atoms with Gasteiger partial charge in [-0.25, -0.2) is 9.18 Å². The molecule has 6 nitrogen and oxygen atoms in total. The van der Waals surface area contributed by atoms with E-state index in [2.05, 4.69) is 5.32 Å². The quantitative estimate of drug-likeness (QED) is 0.594. The van der Waals surface area contributed by atoms with Crippen LogP contribution in [0.5, 0.6) is 5.75 Å². The number of carbonyl (C=O) groups is 2. The van der Waals surface area contributed by atoms with Crippen LogP contribution in [0.25, 0.3) is 0 Å². The molecule has 0 aliphatic rings. The van der Waals surface area contributed by atoms with Crippen LogP contribution in [0.3, 0.4) is 0 Å². The lowest BCUT2D eigenvalue weighted by atomic mass is 9.98. The highest BCUT2D eigenvalue weighted by atomic mass is 32.1. The van der Waals surface area contributed by atoms with Gasteiger partial charge in [-0.1, -0.05) is 12.2 Å². The largest absolute Gasteiger partial charge is 0.504 e. The maximum atomic E-state index is 13.6. The summed E-state index contributed by atoms with van der Waals surface area (Å²) < 4.78 is 13.6. The van der Waals surface area contributed by atoms with Crippen molar-refractivity contribution in [1.82, 2.24) is 5.32 Å². The molecule has 19 heavy (non-hydrogen) atoms. The SMILES string of the molecule is Cc1c(CC(N)=O)cc(F)c(O)c1C(=S)NC(N)=O. The van der Waals surface area contributed by atoms with Crippen molar-refractivity contribution in [3.8, 4) is 5.75 Å². The molecule has 0 spiro atoms. The van der Waals surface area contributed by atoms with Crippen LogP contribution in [0.4, 0.5) is 9.18 Å². The number of halogens is 1. The molecule has 6 N–H and O–H groups in total. The topological polar surface area (TPSA) is 118 Å². The molecule has 0 fully saturated rings. The molecule has 0 atom stereocenters. The molecule has 1 aromatic carbocycles. The first-order valence-corrected chi connectivity index (χ1v) is 5.55. The van der Waals surface area contributed by atoms with Gasteiger partial charge in [0, 0.05) is 0 Å². The number of rotatable bonds is 3. The zero-order valence-corrected chi connectivity index (χ0v) is 10.8. The van der Waals surface area contributed by atoms with E-state index in [9.17, 15) is 19.1 Å². The van der Waals surface area contributed by atoms with Crippen LogP contribution in [0.15, 0.2) is 6.07 Å². The lowest BCUT2D eigenvalue weighted by molar-refractivity contribution is -0.117. The van der Waals surface area contributed by atoms with Crippen molar-refractivity contribution in [2.75, 3.05) is 0 Å². The third kappa shape index (κ3) is 3.38. The first kappa shape index (κ1) is 14.8. The first-order valence-electron chi connectivity index (χ1n) is 5.14. The first-order chi connectivity index (χ1) is 8.73. The van der Waals surface area contributed by atoms with Crippen molar-refractivity contribution in [3.05, 3.63) is 28.6 Å². The predicted octanol–water partition coefficient (Wildman–Crippen LogP) is 0.211. The number of nitrogens with one attached hydrogen (secondary N) is 1. The number of hydrogen-bond acceptors (Lipinski definition) is 4. The predicted molar refractivity (Wildman–Crippen MR) is 70.1 cm³/mol. The third-order valence-electron chi connectivity index (χ3n) is 2.45. The summed E-state index contributed by atoms with van der Waals surface area (Å²) >= 11 is 4.85. The van der Waals surface area contributed by atoms with E-state index in [1.165, 1.54) is 6.92 Å². The number of benzene rings is 1. The average Bonchev–Trinajstić information content (AvgIpc) is 2.24. The molecular formula is C11H12FN3O3S. The fourth-order valence-electron chi connectivity index (χ4n) is 1.61. The standard InChI is InChI=1S/C11H12FN3O3S/c1-4-5(3-7(13)16)2-6(12)9(17)8(4)10(19)15-11(14)18/h2,17H,3H2,1H3,(H2,13,16)(H3,14,15,18,19). The Morgan fingerprint density at radius 2 is 2.05 bits per heavy atom. The lowest BCUT2D eigenvalue weighted by Crippen LogP contribution is -2.35. The minimum absolute atomic E-state index is 0.0925. The summed E-state index contributed by atoms with van der Waals surface area (Å²) in [5.41, 5.74) is 10.5. The Bertz CT molecular complexity index is 575. The molecule has 0 aliphatic carbocycles. The Labute approximate surface area is 113 Å². The number of phenolic OH excluding ortho intramolecular Hbond substituents is 1. The van der Waals surface area contributed by atoms with E-state index in [1.807, 2.05) is 0 Å². The van der Waals surface area contributed by atoms with E-state index in [4.69, 9.17) is 23.7 Å². The molecule has 0 aliphatic heterocycles. The highest BCUT2D eigenvalue weighted by Gasteiger charge is 2.20. The second-order valence-electron chi connectivity index (χ2n) is 3.83. The van der Waals surface area contributed by atoms with Gasteiger partial charge in [-0.3, -0.25) is 10.1 Å². The van der Waals surface area contributed by atoms with Crippen LogP contribution in [-0.2, 0) is 11.2 Å². The van der Waals surface area contributed by atoms with E-state index >= 15 is 0 Å². The third-order valence-corrected chi connectivity index (χ3v) is 2.76. The molecule has 0 radical (unpaired) electrons. The lowest BCUT2D eigenvalue weighted by Gasteiger charge is -2.14. The maximum absolute atomic E-state index is 13.6. The Morgan fingerprint density at radius 3 is 2.53 bits per heavy atom. The fourth-order valence-corrected chi connectivity index (χ4v) is 1.96. The summed E-state index contributed by atoms with van der Waals surface area (Å²) in [6, 6.07) is 0.0516. The number of hydrogen-bond donors (Lipinski definition) is 4. The number of aromatic hydroxyl groups is 1. The van der Waals surface area contributed by atoms with Gasteiger partial charge >= 0.3 is 6.03 Å². The summed E-state index contributed by atoms with van der Waals surface area (Å²) in [6.07, 6.45) is -0.213. The van der Waals surface area contributed by atoms with Crippen molar-refractivity contribution in [2.24, 2.45) is 11.5 Å². The highest BCUT2D eigenvalue weighted by molar-refractivity contribution is 7.80. The van der Waals surface area contributed by atoms with Gasteiger partial charge in [0.25, 0.3) is 0 Å². The molecule has 0 heterocycles. The summed E-state index contributed by atoms with van der Waals surface area (Å²) in [6.45, 7) is 1.52. The zero-order chi connectivity index (χ0) is 14.7. The maximum Gasteiger partial charge on any atom is 0.317 e. The van der Waals surface area contributed by atoms with E-state index in [1.54, 1.807) is 0 Å². The summed E-state index contributed by atoms with van der Waals surface area (Å²) in [5, 5.41) is 11.7. The molecule has 1 rings (SSSR count). The van der Waals surface area contributed by atoms with Crippen LogP contribution >= 0.6 is 12.2 Å². The molecule has 0 saturated heterocycles. The van der Waals surface area contributed by atoms with Gasteiger partial charge < -0.3 is 16.6 Å². The van der Waals surface area contributed by atoms with Crippen LogP contribution in [-0.4, -0.2) is 22.0 Å². The monoisotopic (exact) mass is 285 g/mol. The molecule has 1 aromatic rings. The number of nitrogens with two attached hydrogens (primary N) is 2. The van der Waals surface area contributed by atoms with E-state index in [0.717, 1.165) is 6.07 Å². The van der Waals surface area contributed by atoms with Crippen molar-refractivity contribution in [3.63, 3.8) is 0 Å². The van der Waals surface area contributed by atoms with Gasteiger partial charge in [0.05, 0.1) is 12.0 Å². The number of phenols is 1. The Morgan fingerprint density at radius 1 is 1.47 bits per heavy atom. The van der Waals surface area contributed by atoms with Crippen LogP contribution in [0.2, 0.25) is 0 Å². The number of thiocarbonyl (C=S) groups is 1. The zero-order valence-electron chi connectivity index (χ0n) is 9.99. The normalized spacial score (nSPS) is 10.0. The molecule has 3 amide bonds. The second kappa shape index (κ2) is 5.61. The van der Waals surface area contributed by atoms with Gasteiger partial charge in [0.1, 0.15) is 4.99 Å². The summed E-state index contributed by atoms with van der Waals surface area (Å²) in [7, 11) is 0. The summed E-state index contributed by atoms with van der Waals surface area (Å²) in [5.74, 6) is -2.34. The average molecular weight is 285 g/mol. The molecular weight excluding hydrogens is 273 g/mol. The Hall–Kier alpha value is -2.22. The van der Waals surface area contributed by atoms with E-state index in [0.29, 0.717) is 5.56 Å². The molecule has 0 unspecified atom stereocenters. The molecule has 0 saturated carbocycles. The van der Waals surface area contributed by atoms with Crippen LogP contribution < -0.4 is 16.8 Å². The van der Waals surface area contributed by atoms with Crippen LogP contribution in [0.1, 0.15) is 16.7 Å². The van der Waals surface area contributed by atoms with E-state index < -0.39 is 23.5 Å². The minimum Gasteiger partial charge on any atom is -0.504 e. The van der Waals surface area contributed by atoms with Crippen molar-refractivity contribution >= 4 is 29.1 Å². The van der Waals surface area contributed by atoms with E-state index in [-0.39, 0.29) is 22.5 Å². The minimum atomic E-state index is -0.967.